The van der Waals surface area contributed by atoms with Gasteiger partial charge in [0.15, 0.2) is 12.6 Å². The van der Waals surface area contributed by atoms with Gasteiger partial charge in [-0.2, -0.15) is 0 Å². The number of carbonyl (C=O) groups excluding carboxylic acids is 2. The van der Waals surface area contributed by atoms with Gasteiger partial charge in [0.25, 0.3) is 8.32 Å². The molecule has 0 radical (unpaired) electrons. The van der Waals surface area contributed by atoms with Crippen molar-refractivity contribution >= 4 is 44.8 Å². The second kappa shape index (κ2) is 24.6. The molecular formula is C54H72O12Si2. The molecule has 1 heterocycles. The van der Waals surface area contributed by atoms with Crippen LogP contribution in [0.5, 0.6) is 11.5 Å². The van der Waals surface area contributed by atoms with Crippen molar-refractivity contribution in [3.8, 4) is 11.5 Å². The topological polar surface area (TPSA) is 126 Å². The number of benzene rings is 4. The first-order valence-electron chi connectivity index (χ1n) is 23.2. The first-order valence-corrected chi connectivity index (χ1v) is 28.8. The highest BCUT2D eigenvalue weighted by Gasteiger charge is 2.52. The molecule has 0 aliphatic carbocycles. The Labute approximate surface area is 406 Å². The van der Waals surface area contributed by atoms with Crippen molar-refractivity contribution in [2.75, 3.05) is 41.5 Å². The number of esters is 2. The van der Waals surface area contributed by atoms with Crippen molar-refractivity contribution in [3.05, 3.63) is 138 Å². The molecule has 0 saturated carbocycles. The summed E-state index contributed by atoms with van der Waals surface area (Å²) < 4.78 is 61.4. The number of ether oxygens (including phenoxy) is 9. The second-order valence-electron chi connectivity index (χ2n) is 19.5. The molecule has 0 amide bonds. The molecule has 0 spiro atoms. The molecule has 1 unspecified atom stereocenters. The first kappa shape index (κ1) is 54.0. The van der Waals surface area contributed by atoms with E-state index in [1.54, 1.807) is 56.7 Å². The number of carbonyl (C=O) groups is 2. The average molecular weight is 969 g/mol. The molecule has 0 bridgehead atoms. The summed E-state index contributed by atoms with van der Waals surface area (Å²) in [6.07, 6.45) is 4.13. The van der Waals surface area contributed by atoms with E-state index in [1.807, 2.05) is 57.2 Å². The Bertz CT molecular complexity index is 2220. The van der Waals surface area contributed by atoms with Crippen LogP contribution in [0.15, 0.2) is 121 Å². The molecule has 1 aliphatic rings. The summed E-state index contributed by atoms with van der Waals surface area (Å²) >= 11 is 0. The van der Waals surface area contributed by atoms with Crippen molar-refractivity contribution in [1.82, 2.24) is 0 Å². The van der Waals surface area contributed by atoms with Gasteiger partial charge in [-0.1, -0.05) is 138 Å². The SMILES string of the molecule is COCOc1cc(OC)cc(/C=C/C[C@H]2OC(C)(C)O[C@@H]2C(/C=C\[C@H](OCOC)[C@H](C)O[Si](c2ccccc2)(c2ccccc2)C(C)(C)C)OC(=O)c2ccccc2)c1C(=O)OCC[Si](C)(C)C. The Hall–Kier alpha value is -4.91. The van der Waals surface area contributed by atoms with E-state index < -0.39 is 64.6 Å². The molecule has 4 aromatic rings. The number of methoxy groups -OCH3 is 3. The lowest BCUT2D eigenvalue weighted by Gasteiger charge is -2.45. The monoisotopic (exact) mass is 968 g/mol. The van der Waals surface area contributed by atoms with E-state index in [-0.39, 0.29) is 36.5 Å². The van der Waals surface area contributed by atoms with E-state index in [4.69, 9.17) is 47.1 Å². The number of rotatable bonds is 24. The van der Waals surface area contributed by atoms with Crippen LogP contribution in [-0.2, 0) is 37.6 Å². The minimum atomic E-state index is -3.02. The maximum atomic E-state index is 13.9. The minimum Gasteiger partial charge on any atom is -0.497 e. The minimum absolute atomic E-state index is 0.0161. The molecule has 5 rings (SSSR count). The van der Waals surface area contributed by atoms with Gasteiger partial charge in [0, 0.05) is 28.4 Å². The maximum absolute atomic E-state index is 13.9. The van der Waals surface area contributed by atoms with Crippen LogP contribution in [0.4, 0.5) is 0 Å². The Morgan fingerprint density at radius 2 is 1.40 bits per heavy atom. The van der Waals surface area contributed by atoms with E-state index in [9.17, 15) is 9.59 Å². The molecule has 0 N–H and O–H groups in total. The van der Waals surface area contributed by atoms with Crippen molar-refractivity contribution < 1.29 is 56.6 Å². The largest absolute Gasteiger partial charge is 0.497 e. The van der Waals surface area contributed by atoms with Gasteiger partial charge in [-0.25, -0.2) is 9.59 Å². The van der Waals surface area contributed by atoms with Crippen LogP contribution in [0.1, 0.15) is 74.2 Å². The predicted molar refractivity (Wildman–Crippen MR) is 271 cm³/mol. The third-order valence-electron chi connectivity index (χ3n) is 11.5. The van der Waals surface area contributed by atoms with Crippen LogP contribution < -0.4 is 19.8 Å². The molecule has 1 fully saturated rings. The van der Waals surface area contributed by atoms with Crippen molar-refractivity contribution in [2.45, 2.75) is 115 Å². The summed E-state index contributed by atoms with van der Waals surface area (Å²) in [5, 5.41) is 1.96. The second-order valence-corrected chi connectivity index (χ2v) is 29.4. The molecule has 0 aromatic heterocycles. The van der Waals surface area contributed by atoms with Crippen LogP contribution >= 0.6 is 0 Å². The van der Waals surface area contributed by atoms with Crippen LogP contribution in [0.25, 0.3) is 6.08 Å². The molecule has 1 saturated heterocycles. The maximum Gasteiger partial charge on any atom is 0.342 e. The summed E-state index contributed by atoms with van der Waals surface area (Å²) in [6, 6.07) is 33.8. The lowest BCUT2D eigenvalue weighted by molar-refractivity contribution is -0.152. The Kier molecular flexibility index (Phi) is 19.5. The van der Waals surface area contributed by atoms with E-state index in [2.05, 4.69) is 88.9 Å². The van der Waals surface area contributed by atoms with Gasteiger partial charge < -0.3 is 47.1 Å². The van der Waals surface area contributed by atoms with E-state index in [1.165, 1.54) is 7.11 Å². The van der Waals surface area contributed by atoms with Gasteiger partial charge in [0.05, 0.1) is 31.5 Å². The lowest BCUT2D eigenvalue weighted by Crippen LogP contribution is -2.68. The van der Waals surface area contributed by atoms with Crippen LogP contribution in [0.3, 0.4) is 0 Å². The molecule has 12 nitrogen and oxygen atoms in total. The normalized spacial score (nSPS) is 17.8. The molecule has 5 atom stereocenters. The summed E-state index contributed by atoms with van der Waals surface area (Å²) in [4.78, 5) is 27.7. The van der Waals surface area contributed by atoms with Gasteiger partial charge in [-0.05, 0) is 78.5 Å². The Morgan fingerprint density at radius 3 is 1.96 bits per heavy atom. The first-order chi connectivity index (χ1) is 32.3. The van der Waals surface area contributed by atoms with Crippen LogP contribution in [0.2, 0.25) is 30.7 Å². The average Bonchev–Trinajstić information content (AvgIpc) is 3.62. The Morgan fingerprint density at radius 1 is 0.794 bits per heavy atom. The fourth-order valence-electron chi connectivity index (χ4n) is 8.22. The zero-order chi connectivity index (χ0) is 49.5. The van der Waals surface area contributed by atoms with Crippen LogP contribution in [-0.4, -0.2) is 106 Å². The smallest absolute Gasteiger partial charge is 0.342 e. The zero-order valence-electron chi connectivity index (χ0n) is 41.9. The van der Waals surface area contributed by atoms with Crippen molar-refractivity contribution in [2.24, 2.45) is 0 Å². The summed E-state index contributed by atoms with van der Waals surface area (Å²) in [6.45, 7) is 19.2. The third-order valence-corrected chi connectivity index (χ3v) is 18.4. The lowest BCUT2D eigenvalue weighted by atomic mass is 10.0. The molecule has 368 valence electrons. The predicted octanol–water partition coefficient (Wildman–Crippen LogP) is 9.83. The van der Waals surface area contributed by atoms with Gasteiger partial charge >= 0.3 is 11.9 Å². The fourth-order valence-corrected chi connectivity index (χ4v) is 13.6. The molecule has 14 heteroatoms. The van der Waals surface area contributed by atoms with Crippen LogP contribution in [0, 0.1) is 0 Å². The highest BCUT2D eigenvalue weighted by Crippen LogP contribution is 2.39. The van der Waals surface area contributed by atoms with Gasteiger partial charge in [0.1, 0.15) is 42.2 Å². The van der Waals surface area contributed by atoms with E-state index in [0.29, 0.717) is 23.3 Å². The summed E-state index contributed by atoms with van der Waals surface area (Å²) in [5.74, 6) is -1.37. The highest BCUT2D eigenvalue weighted by atomic mass is 28.4. The summed E-state index contributed by atoms with van der Waals surface area (Å²) in [7, 11) is 0.108. The molecular weight excluding hydrogens is 897 g/mol. The number of hydrogen-bond acceptors (Lipinski definition) is 12. The van der Waals surface area contributed by atoms with Crippen molar-refractivity contribution in [3.63, 3.8) is 0 Å². The molecule has 4 aromatic carbocycles. The van der Waals surface area contributed by atoms with Gasteiger partial charge in [-0.15, -0.1) is 0 Å². The fraction of sp³-hybridized carbons (Fsp3) is 0.444. The van der Waals surface area contributed by atoms with E-state index in [0.717, 1.165) is 16.4 Å². The highest BCUT2D eigenvalue weighted by molar-refractivity contribution is 6.99. The molecule has 68 heavy (non-hydrogen) atoms. The van der Waals surface area contributed by atoms with Gasteiger partial charge in [-0.3, -0.25) is 0 Å². The van der Waals surface area contributed by atoms with E-state index >= 15 is 0 Å². The Balaban J connectivity index is 1.53. The third kappa shape index (κ3) is 14.6. The molecule has 1 aliphatic heterocycles. The van der Waals surface area contributed by atoms with Crippen molar-refractivity contribution in [1.29, 1.82) is 0 Å². The number of hydrogen-bond donors (Lipinski definition) is 0. The van der Waals surface area contributed by atoms with Gasteiger partial charge in [0.2, 0.25) is 0 Å². The zero-order valence-corrected chi connectivity index (χ0v) is 43.9. The quantitative estimate of drug-likeness (QED) is 0.0287. The summed E-state index contributed by atoms with van der Waals surface area (Å²) in [5.41, 5.74) is 1.14. The standard InChI is InChI=1S/C54H72O12Si2/c1-39(66-68(53(2,3)4,43-26-18-14-19-27-43)44-28-20-15-21-29-44)45(61-37-57-7)31-32-46(63-51(55)40-23-16-13-17-24-40)50-47(64-54(5,6)65-50)30-22-25-41-35-42(59-9)36-48(62-38-58-8)49(41)52(56)60-33-34-67(10,11)12/h13-29,31-32,35-36,39,45-47,50H,30,33-34,37-38H2,1-12H3/b25-22+,32-31-/t39-,45-,46?,47+,50+/m0/s1.